The molecule has 3 rings (SSSR count). The van der Waals surface area contributed by atoms with Crippen LogP contribution in [0.2, 0.25) is 0 Å². The van der Waals surface area contributed by atoms with Gasteiger partial charge in [0, 0.05) is 6.54 Å². The SMILES string of the molecule is COC(=O)COc1c(C)cc(CNC(c2ccccc2)c2ccco2)cc1C. The molecule has 0 fully saturated rings. The average molecular weight is 379 g/mol. The molecule has 146 valence electrons. The Kier molecular flexibility index (Phi) is 6.50. The van der Waals surface area contributed by atoms with Gasteiger partial charge in [0.2, 0.25) is 0 Å². The summed E-state index contributed by atoms with van der Waals surface area (Å²) in [4.78, 5) is 11.3. The average Bonchev–Trinajstić information content (AvgIpc) is 3.22. The zero-order valence-electron chi connectivity index (χ0n) is 16.4. The van der Waals surface area contributed by atoms with Crippen molar-refractivity contribution in [1.29, 1.82) is 0 Å². The van der Waals surface area contributed by atoms with E-state index in [4.69, 9.17) is 9.15 Å². The van der Waals surface area contributed by atoms with Crippen LogP contribution in [0.25, 0.3) is 0 Å². The summed E-state index contributed by atoms with van der Waals surface area (Å²) in [6.07, 6.45) is 1.69. The summed E-state index contributed by atoms with van der Waals surface area (Å²) in [5.74, 6) is 1.20. The third kappa shape index (κ3) is 4.81. The molecular weight excluding hydrogens is 354 g/mol. The Bertz CT molecular complexity index is 881. The van der Waals surface area contributed by atoms with E-state index in [-0.39, 0.29) is 12.6 Å². The van der Waals surface area contributed by atoms with E-state index in [1.165, 1.54) is 7.11 Å². The maximum Gasteiger partial charge on any atom is 0.343 e. The summed E-state index contributed by atoms with van der Waals surface area (Å²) in [6, 6.07) is 18.2. The molecule has 0 bridgehead atoms. The van der Waals surface area contributed by atoms with Gasteiger partial charge in [0.1, 0.15) is 11.5 Å². The van der Waals surface area contributed by atoms with Gasteiger partial charge in [0.05, 0.1) is 19.4 Å². The zero-order chi connectivity index (χ0) is 19.9. The smallest absolute Gasteiger partial charge is 0.343 e. The fourth-order valence-corrected chi connectivity index (χ4v) is 3.26. The van der Waals surface area contributed by atoms with Crippen molar-refractivity contribution in [2.24, 2.45) is 0 Å². The molecule has 1 aromatic heterocycles. The highest BCUT2D eigenvalue weighted by atomic mass is 16.6. The second-order valence-electron chi connectivity index (χ2n) is 6.66. The number of rotatable bonds is 8. The van der Waals surface area contributed by atoms with Crippen molar-refractivity contribution in [3.05, 3.63) is 88.9 Å². The monoisotopic (exact) mass is 379 g/mol. The minimum Gasteiger partial charge on any atom is -0.481 e. The summed E-state index contributed by atoms with van der Waals surface area (Å²) in [7, 11) is 1.35. The molecule has 1 heterocycles. The fraction of sp³-hybridized carbons (Fsp3) is 0.261. The standard InChI is InChI=1S/C23H25NO4/c1-16-12-18(13-17(2)23(16)28-15-21(25)26-3)14-24-22(20-10-7-11-27-20)19-8-5-4-6-9-19/h4-13,22,24H,14-15H2,1-3H3. The number of furan rings is 1. The maximum atomic E-state index is 11.3. The van der Waals surface area contributed by atoms with Crippen LogP contribution < -0.4 is 10.1 Å². The third-order valence-corrected chi connectivity index (χ3v) is 4.55. The molecule has 5 nitrogen and oxygen atoms in total. The van der Waals surface area contributed by atoms with Crippen molar-refractivity contribution in [2.45, 2.75) is 26.4 Å². The first-order chi connectivity index (χ1) is 13.6. The minimum atomic E-state index is -0.395. The molecule has 1 N–H and O–H groups in total. The lowest BCUT2D eigenvalue weighted by Gasteiger charge is -2.19. The first-order valence-electron chi connectivity index (χ1n) is 9.20. The van der Waals surface area contributed by atoms with E-state index >= 15 is 0 Å². The highest BCUT2D eigenvalue weighted by molar-refractivity contribution is 5.71. The molecule has 5 heteroatoms. The van der Waals surface area contributed by atoms with Crippen LogP contribution in [0.1, 0.15) is 34.1 Å². The number of ether oxygens (including phenoxy) is 2. The largest absolute Gasteiger partial charge is 0.481 e. The van der Waals surface area contributed by atoms with E-state index in [0.29, 0.717) is 6.54 Å². The quantitative estimate of drug-likeness (QED) is 0.591. The summed E-state index contributed by atoms with van der Waals surface area (Å²) in [5, 5.41) is 3.58. The molecule has 0 amide bonds. The lowest BCUT2D eigenvalue weighted by atomic mass is 10.0. The minimum absolute atomic E-state index is 0.0351. The van der Waals surface area contributed by atoms with Crippen LogP contribution in [0.3, 0.4) is 0 Å². The highest BCUT2D eigenvalue weighted by Gasteiger charge is 2.17. The molecule has 0 radical (unpaired) electrons. The van der Waals surface area contributed by atoms with Crippen LogP contribution in [0.4, 0.5) is 0 Å². The Morgan fingerprint density at radius 3 is 2.39 bits per heavy atom. The second-order valence-corrected chi connectivity index (χ2v) is 6.66. The van der Waals surface area contributed by atoms with Crippen LogP contribution in [0.5, 0.6) is 5.75 Å². The lowest BCUT2D eigenvalue weighted by Crippen LogP contribution is -2.22. The molecule has 28 heavy (non-hydrogen) atoms. The van der Waals surface area contributed by atoms with Gasteiger partial charge >= 0.3 is 5.97 Å². The summed E-state index contributed by atoms with van der Waals surface area (Å²) in [5.41, 5.74) is 4.24. The van der Waals surface area contributed by atoms with Crippen LogP contribution in [0, 0.1) is 13.8 Å². The second kappa shape index (κ2) is 9.24. The number of esters is 1. The van der Waals surface area contributed by atoms with Crippen molar-refractivity contribution in [1.82, 2.24) is 5.32 Å². The molecule has 3 aromatic rings. The summed E-state index contributed by atoms with van der Waals surface area (Å²) in [6.45, 7) is 4.53. The van der Waals surface area contributed by atoms with Gasteiger partial charge in [0.25, 0.3) is 0 Å². The van der Waals surface area contributed by atoms with Gasteiger partial charge in [-0.05, 0) is 48.2 Å². The Hall–Kier alpha value is -3.05. The number of methoxy groups -OCH3 is 1. The van der Waals surface area contributed by atoms with Gasteiger partial charge in [-0.3, -0.25) is 5.32 Å². The van der Waals surface area contributed by atoms with Crippen molar-refractivity contribution in [3.63, 3.8) is 0 Å². The zero-order valence-corrected chi connectivity index (χ0v) is 16.4. The number of carbonyl (C=O) groups excluding carboxylic acids is 1. The fourth-order valence-electron chi connectivity index (χ4n) is 3.26. The van der Waals surface area contributed by atoms with Crippen molar-refractivity contribution >= 4 is 5.97 Å². The highest BCUT2D eigenvalue weighted by Crippen LogP contribution is 2.27. The molecule has 1 unspecified atom stereocenters. The van der Waals surface area contributed by atoms with E-state index in [2.05, 4.69) is 34.3 Å². The number of carbonyl (C=O) groups is 1. The number of benzene rings is 2. The van der Waals surface area contributed by atoms with Gasteiger partial charge in [-0.25, -0.2) is 4.79 Å². The normalized spacial score (nSPS) is 11.8. The van der Waals surface area contributed by atoms with E-state index < -0.39 is 5.97 Å². The predicted molar refractivity (Wildman–Crippen MR) is 107 cm³/mol. The summed E-state index contributed by atoms with van der Waals surface area (Å²) >= 11 is 0. The van der Waals surface area contributed by atoms with Gasteiger partial charge in [-0.1, -0.05) is 42.5 Å². The lowest BCUT2D eigenvalue weighted by molar-refractivity contribution is -0.142. The number of nitrogens with one attached hydrogen (secondary N) is 1. The van der Waals surface area contributed by atoms with E-state index in [9.17, 15) is 4.79 Å². The molecular formula is C23H25NO4. The Labute approximate surface area is 165 Å². The van der Waals surface area contributed by atoms with Crippen molar-refractivity contribution in [3.8, 4) is 5.75 Å². The number of aryl methyl sites for hydroxylation is 2. The van der Waals surface area contributed by atoms with Crippen LogP contribution in [0.15, 0.2) is 65.3 Å². The van der Waals surface area contributed by atoms with Gasteiger partial charge in [-0.2, -0.15) is 0 Å². The van der Waals surface area contributed by atoms with E-state index in [1.54, 1.807) is 6.26 Å². The Balaban J connectivity index is 1.74. The van der Waals surface area contributed by atoms with Gasteiger partial charge in [0.15, 0.2) is 6.61 Å². The Morgan fingerprint density at radius 2 is 1.79 bits per heavy atom. The van der Waals surface area contributed by atoms with Crippen LogP contribution in [-0.2, 0) is 16.1 Å². The van der Waals surface area contributed by atoms with Crippen LogP contribution >= 0.6 is 0 Å². The van der Waals surface area contributed by atoms with Gasteiger partial charge in [-0.15, -0.1) is 0 Å². The van der Waals surface area contributed by atoms with Crippen LogP contribution in [-0.4, -0.2) is 19.7 Å². The maximum absolute atomic E-state index is 11.3. The van der Waals surface area contributed by atoms with E-state index in [1.807, 2.05) is 44.2 Å². The topological polar surface area (TPSA) is 60.7 Å². The molecule has 0 spiro atoms. The van der Waals surface area contributed by atoms with Crippen molar-refractivity contribution < 1.29 is 18.7 Å². The summed E-state index contributed by atoms with van der Waals surface area (Å²) < 4.78 is 15.9. The molecule has 1 atom stereocenters. The molecule has 0 aliphatic rings. The first kappa shape index (κ1) is 19.7. The third-order valence-electron chi connectivity index (χ3n) is 4.55. The molecule has 0 aliphatic carbocycles. The molecule has 0 saturated heterocycles. The first-order valence-corrected chi connectivity index (χ1v) is 9.20. The number of hydrogen-bond donors (Lipinski definition) is 1. The Morgan fingerprint density at radius 1 is 1.07 bits per heavy atom. The van der Waals surface area contributed by atoms with Gasteiger partial charge < -0.3 is 13.9 Å². The molecule has 0 saturated carbocycles. The molecule has 0 aliphatic heterocycles. The number of hydrogen-bond acceptors (Lipinski definition) is 5. The van der Waals surface area contributed by atoms with E-state index in [0.717, 1.165) is 33.8 Å². The predicted octanol–water partition coefficient (Wildman–Crippen LogP) is 4.33. The molecule has 2 aromatic carbocycles. The van der Waals surface area contributed by atoms with Crippen molar-refractivity contribution in [2.75, 3.05) is 13.7 Å².